The molecule has 2 aromatic carbocycles. The SMILES string of the molecule is CCOc1ccccc1NC(=O)N1Cc2c(sc3c2CCN(C)C3)-n2cccc2[C@@H]1c1ccc(Cl)cc1. The number of ether oxygens (including phenoxy) is 1. The third kappa shape index (κ3) is 4.41. The summed E-state index contributed by atoms with van der Waals surface area (Å²) in [6.07, 6.45) is 3.11. The monoisotopic (exact) mass is 532 g/mol. The minimum atomic E-state index is -0.284. The van der Waals surface area contributed by atoms with Crippen molar-refractivity contribution in [1.82, 2.24) is 14.4 Å². The second-order valence-electron chi connectivity index (χ2n) is 9.52. The van der Waals surface area contributed by atoms with Gasteiger partial charge in [0.05, 0.1) is 30.6 Å². The van der Waals surface area contributed by atoms with Gasteiger partial charge in [-0.3, -0.25) is 0 Å². The molecule has 0 fully saturated rings. The number of carbonyl (C=O) groups is 1. The van der Waals surface area contributed by atoms with Gasteiger partial charge < -0.3 is 24.4 Å². The number of hydrogen-bond acceptors (Lipinski definition) is 4. The molecule has 6 rings (SSSR count). The molecular weight excluding hydrogens is 504 g/mol. The fourth-order valence-corrected chi connectivity index (χ4v) is 6.95. The third-order valence-electron chi connectivity index (χ3n) is 7.13. The van der Waals surface area contributed by atoms with Gasteiger partial charge in [0.2, 0.25) is 0 Å². The molecule has 0 spiro atoms. The highest BCUT2D eigenvalue weighted by atomic mass is 35.5. The van der Waals surface area contributed by atoms with Gasteiger partial charge in [0.25, 0.3) is 0 Å². The lowest BCUT2D eigenvalue weighted by atomic mass is 10.0. The number of rotatable bonds is 4. The number of para-hydroxylation sites is 2. The number of benzene rings is 2. The first kappa shape index (κ1) is 24.1. The number of carbonyl (C=O) groups excluding carboxylic acids is 1. The van der Waals surface area contributed by atoms with Crippen molar-refractivity contribution in [3.63, 3.8) is 0 Å². The summed E-state index contributed by atoms with van der Waals surface area (Å²) in [5, 5.41) is 5.04. The van der Waals surface area contributed by atoms with Gasteiger partial charge in [0, 0.05) is 34.7 Å². The molecule has 0 aliphatic carbocycles. The quantitative estimate of drug-likeness (QED) is 0.317. The van der Waals surface area contributed by atoms with Crippen molar-refractivity contribution >= 4 is 34.7 Å². The zero-order valence-corrected chi connectivity index (χ0v) is 22.5. The maximum absolute atomic E-state index is 14.1. The van der Waals surface area contributed by atoms with Crippen LogP contribution in [0.4, 0.5) is 10.5 Å². The van der Waals surface area contributed by atoms with Gasteiger partial charge in [-0.05, 0) is 67.9 Å². The molecule has 2 amide bonds. The normalized spacial score (nSPS) is 16.9. The molecule has 0 unspecified atom stereocenters. The summed E-state index contributed by atoms with van der Waals surface area (Å²) in [5.41, 5.74) is 5.37. The van der Waals surface area contributed by atoms with Crippen molar-refractivity contribution in [1.29, 1.82) is 0 Å². The van der Waals surface area contributed by atoms with Crippen LogP contribution in [-0.4, -0.2) is 40.6 Å². The number of amides is 2. The Balaban J connectivity index is 1.48. The Hall–Kier alpha value is -3.26. The highest BCUT2D eigenvalue weighted by Gasteiger charge is 2.36. The molecule has 4 heterocycles. The molecule has 0 radical (unpaired) electrons. The molecule has 0 saturated heterocycles. The molecule has 4 aromatic rings. The predicted molar refractivity (Wildman–Crippen MR) is 149 cm³/mol. The van der Waals surface area contributed by atoms with E-state index in [1.807, 2.05) is 71.7 Å². The number of likely N-dealkylation sites (N-methyl/N-ethyl adjacent to an activating group) is 1. The molecule has 8 heteroatoms. The molecule has 2 aromatic heterocycles. The lowest BCUT2D eigenvalue weighted by molar-refractivity contribution is 0.194. The third-order valence-corrected chi connectivity index (χ3v) is 8.64. The Morgan fingerprint density at radius 1 is 1.08 bits per heavy atom. The Morgan fingerprint density at radius 3 is 2.70 bits per heavy atom. The van der Waals surface area contributed by atoms with Gasteiger partial charge >= 0.3 is 6.03 Å². The number of nitrogens with one attached hydrogen (secondary N) is 1. The van der Waals surface area contributed by atoms with E-state index in [9.17, 15) is 4.79 Å². The van der Waals surface area contributed by atoms with Crippen LogP contribution in [0.15, 0.2) is 66.9 Å². The van der Waals surface area contributed by atoms with Crippen LogP contribution in [-0.2, 0) is 19.5 Å². The van der Waals surface area contributed by atoms with Crippen LogP contribution in [0.2, 0.25) is 5.02 Å². The van der Waals surface area contributed by atoms with E-state index in [-0.39, 0.29) is 12.1 Å². The highest BCUT2D eigenvalue weighted by molar-refractivity contribution is 7.15. The molecule has 1 atom stereocenters. The first-order valence-electron chi connectivity index (χ1n) is 12.6. The Morgan fingerprint density at radius 2 is 1.89 bits per heavy atom. The van der Waals surface area contributed by atoms with E-state index in [2.05, 4.69) is 40.2 Å². The summed E-state index contributed by atoms with van der Waals surface area (Å²) in [4.78, 5) is 19.8. The van der Waals surface area contributed by atoms with Crippen molar-refractivity contribution in [3.8, 4) is 10.8 Å². The number of aromatic nitrogens is 1. The molecule has 0 saturated carbocycles. The lowest BCUT2D eigenvalue weighted by Crippen LogP contribution is -2.38. The number of fused-ring (bicyclic) bond motifs is 5. The summed E-state index contributed by atoms with van der Waals surface area (Å²) in [6, 6.07) is 19.1. The Labute approximate surface area is 226 Å². The first-order valence-corrected chi connectivity index (χ1v) is 13.8. The average Bonchev–Trinajstić information content (AvgIpc) is 3.47. The van der Waals surface area contributed by atoms with Crippen molar-refractivity contribution < 1.29 is 9.53 Å². The number of urea groups is 1. The van der Waals surface area contributed by atoms with E-state index in [4.69, 9.17) is 16.3 Å². The smallest absolute Gasteiger partial charge is 0.323 e. The van der Waals surface area contributed by atoms with Crippen LogP contribution >= 0.6 is 22.9 Å². The average molecular weight is 533 g/mol. The molecule has 1 N–H and O–H groups in total. The van der Waals surface area contributed by atoms with E-state index in [0.717, 1.165) is 30.8 Å². The van der Waals surface area contributed by atoms with Crippen LogP contribution in [0, 0.1) is 0 Å². The Bertz CT molecular complexity index is 1440. The van der Waals surface area contributed by atoms with Gasteiger partial charge in [0.15, 0.2) is 0 Å². The van der Waals surface area contributed by atoms with Crippen molar-refractivity contribution in [2.24, 2.45) is 0 Å². The van der Waals surface area contributed by atoms with E-state index >= 15 is 0 Å². The summed E-state index contributed by atoms with van der Waals surface area (Å²) in [6.45, 7) is 4.94. The zero-order chi connectivity index (χ0) is 25.5. The van der Waals surface area contributed by atoms with E-state index in [1.54, 1.807) is 0 Å². The molecule has 2 aliphatic rings. The molecule has 2 aliphatic heterocycles. The van der Waals surface area contributed by atoms with Crippen LogP contribution in [0.3, 0.4) is 0 Å². The molecule has 190 valence electrons. The first-order chi connectivity index (χ1) is 18.0. The predicted octanol–water partition coefficient (Wildman–Crippen LogP) is 6.72. The zero-order valence-electron chi connectivity index (χ0n) is 20.9. The van der Waals surface area contributed by atoms with Gasteiger partial charge in [-0.15, -0.1) is 11.3 Å². The van der Waals surface area contributed by atoms with Gasteiger partial charge in [-0.25, -0.2) is 4.79 Å². The number of nitrogens with zero attached hydrogens (tertiary/aromatic N) is 3. The fourth-order valence-electron chi connectivity index (χ4n) is 5.39. The highest BCUT2D eigenvalue weighted by Crippen LogP contribution is 2.43. The summed E-state index contributed by atoms with van der Waals surface area (Å²) < 4.78 is 8.07. The van der Waals surface area contributed by atoms with E-state index in [0.29, 0.717) is 29.6 Å². The van der Waals surface area contributed by atoms with E-state index < -0.39 is 0 Å². The van der Waals surface area contributed by atoms with Crippen LogP contribution in [0.5, 0.6) is 5.75 Å². The van der Waals surface area contributed by atoms with E-state index in [1.165, 1.54) is 21.0 Å². The molecule has 37 heavy (non-hydrogen) atoms. The minimum Gasteiger partial charge on any atom is -0.492 e. The minimum absolute atomic E-state index is 0.166. The lowest BCUT2D eigenvalue weighted by Gasteiger charge is -2.32. The summed E-state index contributed by atoms with van der Waals surface area (Å²) in [7, 11) is 2.17. The van der Waals surface area contributed by atoms with Gasteiger partial charge in [-0.2, -0.15) is 0 Å². The number of halogens is 1. The van der Waals surface area contributed by atoms with Crippen molar-refractivity contribution in [3.05, 3.63) is 99.1 Å². The summed E-state index contributed by atoms with van der Waals surface area (Å²) >= 11 is 8.10. The molecular formula is C29H29ClN4O2S. The second-order valence-corrected chi connectivity index (χ2v) is 11.0. The van der Waals surface area contributed by atoms with Gasteiger partial charge in [0.1, 0.15) is 10.8 Å². The maximum Gasteiger partial charge on any atom is 0.323 e. The summed E-state index contributed by atoms with van der Waals surface area (Å²) in [5.74, 6) is 0.663. The maximum atomic E-state index is 14.1. The van der Waals surface area contributed by atoms with Crippen LogP contribution in [0.1, 0.15) is 40.2 Å². The van der Waals surface area contributed by atoms with Crippen LogP contribution < -0.4 is 10.1 Å². The van der Waals surface area contributed by atoms with Crippen molar-refractivity contribution in [2.45, 2.75) is 32.5 Å². The standard InChI is InChI=1S/C29H29ClN4O2S/c1-3-36-25-9-5-4-7-23(25)31-29(35)34-17-22-21-14-16-32(2)18-26(21)37-28(22)33-15-6-8-24(33)27(34)19-10-12-20(30)13-11-19/h4-13,15,27H,3,14,16-18H2,1-2H3,(H,31,35)/t27-/m0/s1. The van der Waals surface area contributed by atoms with Crippen LogP contribution in [0.25, 0.3) is 5.00 Å². The fraction of sp³-hybridized carbons (Fsp3) is 0.276. The molecule has 0 bridgehead atoms. The second kappa shape index (κ2) is 9.89. The molecule has 6 nitrogen and oxygen atoms in total. The topological polar surface area (TPSA) is 49.7 Å². The largest absolute Gasteiger partial charge is 0.492 e. The number of anilines is 1. The van der Waals surface area contributed by atoms with Gasteiger partial charge in [-0.1, -0.05) is 35.9 Å². The number of thiophene rings is 1. The van der Waals surface area contributed by atoms with Crippen molar-refractivity contribution in [2.75, 3.05) is 25.5 Å². The Kier molecular flexibility index (Phi) is 6.44. The number of hydrogen-bond donors (Lipinski definition) is 1.